The van der Waals surface area contributed by atoms with Gasteiger partial charge in [0.1, 0.15) is 11.2 Å². The zero-order valence-corrected chi connectivity index (χ0v) is 27.5. The smallest absolute Gasteiger partial charge is 0.136 e. The molecule has 8 aromatic carbocycles. The van der Waals surface area contributed by atoms with E-state index in [-0.39, 0.29) is 0 Å². The molecule has 0 radical (unpaired) electrons. The van der Waals surface area contributed by atoms with Crippen LogP contribution in [-0.2, 0) is 0 Å². The number of benzene rings is 8. The van der Waals surface area contributed by atoms with Crippen molar-refractivity contribution in [2.75, 3.05) is 4.90 Å². The second-order valence-electron chi connectivity index (χ2n) is 12.6. The van der Waals surface area contributed by atoms with E-state index in [1.807, 2.05) is 24.3 Å². The molecule has 0 amide bonds. The monoisotopic (exact) mass is 639 g/mol. The third-order valence-electron chi connectivity index (χ3n) is 9.63. The average Bonchev–Trinajstić information content (AvgIpc) is 3.57. The molecule has 1 aromatic heterocycles. The minimum atomic E-state index is 0.916. The first-order valence-corrected chi connectivity index (χ1v) is 17.0. The highest BCUT2D eigenvalue weighted by atomic mass is 16.3. The molecule has 0 saturated carbocycles. The molecule has 0 fully saturated rings. The van der Waals surface area contributed by atoms with Crippen molar-refractivity contribution >= 4 is 65.6 Å². The van der Waals surface area contributed by atoms with E-state index in [9.17, 15) is 0 Å². The van der Waals surface area contributed by atoms with E-state index in [0.29, 0.717) is 0 Å². The number of hydrogen-bond acceptors (Lipinski definition) is 2. The molecule has 0 aliphatic rings. The lowest BCUT2D eigenvalue weighted by Crippen LogP contribution is -2.08. The summed E-state index contributed by atoms with van der Waals surface area (Å²) in [6, 6.07) is 56.6. The molecule has 9 aromatic rings. The summed E-state index contributed by atoms with van der Waals surface area (Å²) in [7, 11) is 0. The molecule has 236 valence electrons. The van der Waals surface area contributed by atoms with Crippen molar-refractivity contribution in [1.82, 2.24) is 0 Å². The fourth-order valence-corrected chi connectivity index (χ4v) is 7.17. The van der Waals surface area contributed by atoms with Gasteiger partial charge in [0.15, 0.2) is 0 Å². The van der Waals surface area contributed by atoms with Gasteiger partial charge in [-0.1, -0.05) is 134 Å². The highest BCUT2D eigenvalue weighted by molar-refractivity contribution is 6.19. The number of rotatable bonds is 7. The van der Waals surface area contributed by atoms with Crippen molar-refractivity contribution in [1.29, 1.82) is 0 Å². The summed E-state index contributed by atoms with van der Waals surface area (Å²) in [5.74, 6) is 0. The van der Waals surface area contributed by atoms with Gasteiger partial charge in [-0.2, -0.15) is 0 Å². The topological polar surface area (TPSA) is 16.4 Å². The lowest BCUT2D eigenvalue weighted by molar-refractivity contribution is 0.669. The van der Waals surface area contributed by atoms with Gasteiger partial charge in [-0.15, -0.1) is 0 Å². The lowest BCUT2D eigenvalue weighted by atomic mass is 9.94. The molecule has 0 N–H and O–H groups in total. The van der Waals surface area contributed by atoms with Crippen LogP contribution < -0.4 is 4.90 Å². The van der Waals surface area contributed by atoms with Crippen molar-refractivity contribution in [3.8, 4) is 22.3 Å². The van der Waals surface area contributed by atoms with E-state index >= 15 is 0 Å². The molecule has 0 atom stereocenters. The van der Waals surface area contributed by atoms with E-state index in [4.69, 9.17) is 4.42 Å². The molecule has 0 saturated heterocycles. The Balaban J connectivity index is 1.11. The summed E-state index contributed by atoms with van der Waals surface area (Å²) < 4.78 is 6.22. The van der Waals surface area contributed by atoms with Crippen LogP contribution in [0.1, 0.15) is 0 Å². The predicted molar refractivity (Wildman–Crippen MR) is 214 cm³/mol. The first-order chi connectivity index (χ1) is 24.7. The van der Waals surface area contributed by atoms with Gasteiger partial charge in [0.2, 0.25) is 0 Å². The van der Waals surface area contributed by atoms with Crippen molar-refractivity contribution < 1.29 is 4.42 Å². The summed E-state index contributed by atoms with van der Waals surface area (Å²) >= 11 is 0. The molecule has 1 heterocycles. The van der Waals surface area contributed by atoms with Gasteiger partial charge in [-0.3, -0.25) is 0 Å². The summed E-state index contributed by atoms with van der Waals surface area (Å²) in [5.41, 5.74) is 8.79. The Bertz CT molecular complexity index is 2780. The molecule has 0 spiro atoms. The van der Waals surface area contributed by atoms with Crippen molar-refractivity contribution in [2.45, 2.75) is 0 Å². The third kappa shape index (κ3) is 5.24. The second kappa shape index (κ2) is 12.4. The van der Waals surface area contributed by atoms with Gasteiger partial charge in [0.05, 0.1) is 0 Å². The van der Waals surface area contributed by atoms with Crippen LogP contribution in [0.3, 0.4) is 0 Å². The highest BCUT2D eigenvalue weighted by Crippen LogP contribution is 2.39. The summed E-state index contributed by atoms with van der Waals surface area (Å²) in [6.45, 7) is 3.82. The molecular formula is C48H33NO. The number of para-hydroxylation sites is 1. The molecule has 9 rings (SSSR count). The second-order valence-corrected chi connectivity index (χ2v) is 12.6. The van der Waals surface area contributed by atoms with Crippen molar-refractivity contribution in [3.63, 3.8) is 0 Å². The third-order valence-corrected chi connectivity index (χ3v) is 9.63. The Labute approximate surface area is 291 Å². The Morgan fingerprint density at radius 2 is 1.18 bits per heavy atom. The number of allylic oxidation sites excluding steroid dienone is 4. The summed E-state index contributed by atoms with van der Waals surface area (Å²) in [4.78, 5) is 2.24. The van der Waals surface area contributed by atoms with Crippen LogP contribution in [0.15, 0.2) is 199 Å². The SMILES string of the molecule is C=C/C=C\C=C/N(c1ccc(-c2ccc3ccccc3c2)cc1)c1ccc2c(-c3ccc4ccc5oc6ccccc6c5c4c3)cccc2c1. The van der Waals surface area contributed by atoms with Crippen LogP contribution in [0.25, 0.3) is 76.5 Å². The van der Waals surface area contributed by atoms with E-state index in [1.165, 1.54) is 60.0 Å². The van der Waals surface area contributed by atoms with Gasteiger partial charge >= 0.3 is 0 Å². The molecule has 50 heavy (non-hydrogen) atoms. The van der Waals surface area contributed by atoms with E-state index < -0.39 is 0 Å². The Hall–Kier alpha value is -6.64. The number of nitrogens with zero attached hydrogens (tertiary/aromatic N) is 1. The van der Waals surface area contributed by atoms with E-state index in [2.05, 4.69) is 169 Å². The highest BCUT2D eigenvalue weighted by Gasteiger charge is 2.14. The predicted octanol–water partition coefficient (Wildman–Crippen LogP) is 13.8. The van der Waals surface area contributed by atoms with Crippen LogP contribution in [0.2, 0.25) is 0 Å². The molecule has 0 bridgehead atoms. The number of furan rings is 1. The Morgan fingerprint density at radius 3 is 2.08 bits per heavy atom. The van der Waals surface area contributed by atoms with Crippen molar-refractivity contribution in [2.24, 2.45) is 0 Å². The maximum absolute atomic E-state index is 6.22. The fourth-order valence-electron chi connectivity index (χ4n) is 7.17. The zero-order chi connectivity index (χ0) is 33.4. The van der Waals surface area contributed by atoms with Crippen LogP contribution in [0.4, 0.5) is 11.4 Å². The quantitative estimate of drug-likeness (QED) is 0.161. The average molecular weight is 640 g/mol. The molecule has 0 unspecified atom stereocenters. The van der Waals surface area contributed by atoms with Crippen LogP contribution >= 0.6 is 0 Å². The van der Waals surface area contributed by atoms with E-state index in [1.54, 1.807) is 6.08 Å². The van der Waals surface area contributed by atoms with Gasteiger partial charge in [0.25, 0.3) is 0 Å². The fraction of sp³-hybridized carbons (Fsp3) is 0. The molecular weight excluding hydrogens is 607 g/mol. The Kier molecular flexibility index (Phi) is 7.33. The maximum Gasteiger partial charge on any atom is 0.136 e. The molecule has 2 nitrogen and oxygen atoms in total. The van der Waals surface area contributed by atoms with Crippen LogP contribution in [0.5, 0.6) is 0 Å². The van der Waals surface area contributed by atoms with Gasteiger partial charge in [0, 0.05) is 28.3 Å². The first-order valence-electron chi connectivity index (χ1n) is 17.0. The summed E-state index contributed by atoms with van der Waals surface area (Å²) in [5, 5.41) is 9.61. The van der Waals surface area contributed by atoms with Crippen LogP contribution in [0, 0.1) is 0 Å². The minimum absolute atomic E-state index is 0.916. The standard InChI is InChI=1S/C48H33NO/c1-2-3-4-9-29-49(40-24-21-34(22-25-40)37-19-17-33-11-5-6-12-36(33)30-37)41-26-27-43-38(31-41)13-10-15-42(43)39-20-18-35-23-28-47-48(45(35)32-39)44-14-7-8-16-46(44)50-47/h2-32H,1H2/b4-3-,29-9-. The van der Waals surface area contributed by atoms with Gasteiger partial charge in [-0.05, 0) is 109 Å². The number of anilines is 2. The Morgan fingerprint density at radius 1 is 0.440 bits per heavy atom. The van der Waals surface area contributed by atoms with Crippen molar-refractivity contribution in [3.05, 3.63) is 195 Å². The minimum Gasteiger partial charge on any atom is -0.456 e. The number of fused-ring (bicyclic) bond motifs is 7. The largest absolute Gasteiger partial charge is 0.456 e. The summed E-state index contributed by atoms with van der Waals surface area (Å²) in [6.07, 6.45) is 9.89. The molecule has 0 aliphatic carbocycles. The van der Waals surface area contributed by atoms with E-state index in [0.717, 1.165) is 27.9 Å². The molecule has 0 aliphatic heterocycles. The normalized spacial score (nSPS) is 11.9. The maximum atomic E-state index is 6.22. The number of hydrogen-bond donors (Lipinski definition) is 0. The first kappa shape index (κ1) is 29.5. The van der Waals surface area contributed by atoms with Gasteiger partial charge < -0.3 is 9.32 Å². The van der Waals surface area contributed by atoms with Crippen LogP contribution in [-0.4, -0.2) is 0 Å². The molecule has 2 heteroatoms. The lowest BCUT2D eigenvalue weighted by Gasteiger charge is -2.22. The van der Waals surface area contributed by atoms with Gasteiger partial charge in [-0.25, -0.2) is 0 Å². The zero-order valence-electron chi connectivity index (χ0n) is 27.5.